The van der Waals surface area contributed by atoms with Gasteiger partial charge < -0.3 is 13.9 Å². The number of oxazole rings is 1. The van der Waals surface area contributed by atoms with Crippen molar-refractivity contribution < 1.29 is 13.9 Å². The van der Waals surface area contributed by atoms with Crippen LogP contribution in [0.15, 0.2) is 47.0 Å². The number of rotatable bonds is 4. The van der Waals surface area contributed by atoms with Crippen LogP contribution in [0.25, 0.3) is 22.2 Å². The molecule has 0 bridgehead atoms. The highest BCUT2D eigenvalue weighted by atomic mass is 16.6. The van der Waals surface area contributed by atoms with Crippen molar-refractivity contribution in [2.45, 2.75) is 6.92 Å². The zero-order chi connectivity index (χ0) is 13.9. The fourth-order valence-electron chi connectivity index (χ4n) is 2.09. The molecule has 0 spiro atoms. The summed E-state index contributed by atoms with van der Waals surface area (Å²) >= 11 is 0. The number of nitrogens with zero attached hydrogens (tertiary/aromatic N) is 1. The zero-order valence-electron chi connectivity index (χ0n) is 11.4. The van der Waals surface area contributed by atoms with Crippen LogP contribution in [0, 0.1) is 0 Å². The summed E-state index contributed by atoms with van der Waals surface area (Å²) in [6.07, 6.45) is 1.59. The van der Waals surface area contributed by atoms with Gasteiger partial charge in [0, 0.05) is 5.56 Å². The number of hydrogen-bond donors (Lipinski definition) is 0. The third-order valence-electron chi connectivity index (χ3n) is 3.07. The molecule has 0 atom stereocenters. The van der Waals surface area contributed by atoms with Crippen LogP contribution in [0.3, 0.4) is 0 Å². The molecule has 0 aliphatic rings. The Morgan fingerprint density at radius 2 is 1.90 bits per heavy atom. The van der Waals surface area contributed by atoms with E-state index >= 15 is 0 Å². The molecule has 4 nitrogen and oxygen atoms in total. The molecule has 3 rings (SSSR count). The Bertz CT molecular complexity index is 733. The number of benzene rings is 2. The van der Waals surface area contributed by atoms with Crippen molar-refractivity contribution in [1.82, 2.24) is 4.98 Å². The van der Waals surface area contributed by atoms with E-state index < -0.39 is 0 Å². The second-order valence-corrected chi connectivity index (χ2v) is 4.35. The highest BCUT2D eigenvalue weighted by Gasteiger charge is 2.08. The van der Waals surface area contributed by atoms with Crippen LogP contribution in [0.4, 0.5) is 0 Å². The molecule has 4 heteroatoms. The molecule has 0 saturated carbocycles. The summed E-state index contributed by atoms with van der Waals surface area (Å²) in [6.45, 7) is 2.47. The average Bonchev–Trinajstić information content (AvgIpc) is 2.95. The van der Waals surface area contributed by atoms with E-state index in [-0.39, 0.29) is 0 Å². The molecule has 0 unspecified atom stereocenters. The minimum absolute atomic E-state index is 0.442. The highest BCUT2D eigenvalue weighted by Crippen LogP contribution is 2.28. The fourth-order valence-corrected chi connectivity index (χ4v) is 2.09. The highest BCUT2D eigenvalue weighted by molar-refractivity contribution is 5.87. The van der Waals surface area contributed by atoms with E-state index in [1.54, 1.807) is 13.3 Å². The summed E-state index contributed by atoms with van der Waals surface area (Å²) in [6, 6.07) is 12.0. The van der Waals surface area contributed by atoms with Gasteiger partial charge in [0.1, 0.15) is 11.9 Å². The van der Waals surface area contributed by atoms with E-state index in [1.807, 2.05) is 43.3 Å². The topological polar surface area (TPSA) is 44.5 Å². The molecule has 0 radical (unpaired) electrons. The maximum Gasteiger partial charge on any atom is 0.305 e. The molecule has 0 aliphatic heterocycles. The van der Waals surface area contributed by atoms with Crippen LogP contribution in [-0.4, -0.2) is 18.7 Å². The lowest BCUT2D eigenvalue weighted by molar-refractivity contribution is 0.260. The molecule has 0 N–H and O–H groups in total. The van der Waals surface area contributed by atoms with Crippen LogP contribution >= 0.6 is 0 Å². The Morgan fingerprint density at radius 1 is 1.10 bits per heavy atom. The van der Waals surface area contributed by atoms with Crippen LogP contribution in [0.1, 0.15) is 6.92 Å². The summed E-state index contributed by atoms with van der Waals surface area (Å²) in [5.74, 6) is 1.85. The molecule has 0 aliphatic carbocycles. The van der Waals surface area contributed by atoms with Gasteiger partial charge in [-0.2, -0.15) is 0 Å². The van der Waals surface area contributed by atoms with Crippen LogP contribution < -0.4 is 9.47 Å². The number of aromatic nitrogens is 1. The summed E-state index contributed by atoms with van der Waals surface area (Å²) in [7, 11) is 1.66. The third-order valence-corrected chi connectivity index (χ3v) is 3.07. The Morgan fingerprint density at radius 3 is 2.70 bits per heavy atom. The molecule has 2 aromatic carbocycles. The molecular formula is C16H15NO3. The number of methoxy groups -OCH3 is 1. The van der Waals surface area contributed by atoms with E-state index in [0.29, 0.717) is 18.4 Å². The smallest absolute Gasteiger partial charge is 0.305 e. The summed E-state index contributed by atoms with van der Waals surface area (Å²) in [4.78, 5) is 4.23. The largest absolute Gasteiger partial charge is 0.497 e. The van der Waals surface area contributed by atoms with Crippen molar-refractivity contribution in [3.63, 3.8) is 0 Å². The van der Waals surface area contributed by atoms with Gasteiger partial charge in [-0.05, 0) is 42.0 Å². The first-order valence-electron chi connectivity index (χ1n) is 6.47. The maximum atomic E-state index is 5.55. The van der Waals surface area contributed by atoms with Gasteiger partial charge in [-0.25, -0.2) is 4.98 Å². The first-order valence-corrected chi connectivity index (χ1v) is 6.47. The van der Waals surface area contributed by atoms with E-state index in [2.05, 4.69) is 4.98 Å². The number of ether oxygens (including phenoxy) is 2. The van der Waals surface area contributed by atoms with Crippen molar-refractivity contribution in [3.8, 4) is 23.1 Å². The lowest BCUT2D eigenvalue weighted by Crippen LogP contribution is -1.88. The number of hydrogen-bond acceptors (Lipinski definition) is 4. The molecule has 102 valence electrons. The molecule has 0 amide bonds. The Balaban J connectivity index is 1.99. The average molecular weight is 269 g/mol. The van der Waals surface area contributed by atoms with Crippen molar-refractivity contribution in [1.29, 1.82) is 0 Å². The Labute approximate surface area is 117 Å². The molecule has 3 aromatic rings. The van der Waals surface area contributed by atoms with Crippen LogP contribution in [-0.2, 0) is 0 Å². The van der Waals surface area contributed by atoms with E-state index in [9.17, 15) is 0 Å². The zero-order valence-corrected chi connectivity index (χ0v) is 11.4. The van der Waals surface area contributed by atoms with Crippen LogP contribution in [0.2, 0.25) is 0 Å². The first kappa shape index (κ1) is 12.5. The van der Waals surface area contributed by atoms with Crippen molar-refractivity contribution in [2.24, 2.45) is 0 Å². The quantitative estimate of drug-likeness (QED) is 0.720. The van der Waals surface area contributed by atoms with Crippen LogP contribution in [0.5, 0.6) is 11.7 Å². The van der Waals surface area contributed by atoms with E-state index in [0.717, 1.165) is 22.1 Å². The second kappa shape index (κ2) is 5.25. The predicted octanol–water partition coefficient (Wildman–Crippen LogP) is 3.90. The third kappa shape index (κ3) is 2.32. The number of fused-ring (bicyclic) bond motifs is 1. The van der Waals surface area contributed by atoms with Gasteiger partial charge >= 0.3 is 5.95 Å². The van der Waals surface area contributed by atoms with Gasteiger partial charge in [-0.1, -0.05) is 12.1 Å². The second-order valence-electron chi connectivity index (χ2n) is 4.35. The normalized spacial score (nSPS) is 10.7. The summed E-state index contributed by atoms with van der Waals surface area (Å²) in [5, 5.41) is 2.23. The summed E-state index contributed by atoms with van der Waals surface area (Å²) in [5.41, 5.74) is 0.925. The standard InChI is InChI=1S/C16H15NO3/c1-3-19-15-10-17-16(20-15)13-5-4-12-9-14(18-2)7-6-11(12)8-13/h4-10H,3H2,1-2H3. The fraction of sp³-hybridized carbons (Fsp3) is 0.188. The lowest BCUT2D eigenvalue weighted by atomic mass is 10.1. The van der Waals surface area contributed by atoms with Gasteiger partial charge in [0.2, 0.25) is 5.89 Å². The monoisotopic (exact) mass is 269 g/mol. The van der Waals surface area contributed by atoms with E-state index in [1.165, 1.54) is 0 Å². The Kier molecular flexibility index (Phi) is 3.29. The first-order chi connectivity index (χ1) is 9.80. The van der Waals surface area contributed by atoms with Gasteiger partial charge in [0.05, 0.1) is 13.7 Å². The maximum absolute atomic E-state index is 5.55. The van der Waals surface area contributed by atoms with Gasteiger partial charge in [0.25, 0.3) is 0 Å². The lowest BCUT2D eigenvalue weighted by Gasteiger charge is -2.03. The minimum atomic E-state index is 0.442. The SMILES string of the molecule is CCOc1cnc(-c2ccc3cc(OC)ccc3c2)o1. The van der Waals surface area contributed by atoms with Gasteiger partial charge in [-0.15, -0.1) is 0 Å². The van der Waals surface area contributed by atoms with Gasteiger partial charge in [-0.3, -0.25) is 0 Å². The predicted molar refractivity (Wildman–Crippen MR) is 77.2 cm³/mol. The molecule has 0 saturated heterocycles. The minimum Gasteiger partial charge on any atom is -0.497 e. The van der Waals surface area contributed by atoms with E-state index in [4.69, 9.17) is 13.9 Å². The molecular weight excluding hydrogens is 254 g/mol. The molecule has 1 heterocycles. The molecule has 1 aromatic heterocycles. The Hall–Kier alpha value is -2.49. The van der Waals surface area contributed by atoms with Crippen molar-refractivity contribution in [3.05, 3.63) is 42.6 Å². The van der Waals surface area contributed by atoms with Gasteiger partial charge in [0.15, 0.2) is 0 Å². The van der Waals surface area contributed by atoms with Crippen molar-refractivity contribution in [2.75, 3.05) is 13.7 Å². The molecule has 0 fully saturated rings. The van der Waals surface area contributed by atoms with Crippen molar-refractivity contribution >= 4 is 10.8 Å². The summed E-state index contributed by atoms with van der Waals surface area (Å²) < 4.78 is 16.0. The molecule has 20 heavy (non-hydrogen) atoms.